The van der Waals surface area contributed by atoms with Gasteiger partial charge in [-0.3, -0.25) is 0 Å². The Morgan fingerprint density at radius 3 is 2.81 bits per heavy atom. The van der Waals surface area contributed by atoms with Crippen LogP contribution in [0.3, 0.4) is 0 Å². The van der Waals surface area contributed by atoms with Crippen molar-refractivity contribution in [3.63, 3.8) is 0 Å². The molecule has 0 amide bonds. The third-order valence-corrected chi connectivity index (χ3v) is 4.62. The molecule has 1 aromatic heterocycles. The number of anilines is 2. The lowest BCUT2D eigenvalue weighted by Crippen LogP contribution is -2.33. The molecule has 16 heavy (non-hydrogen) atoms. The van der Waals surface area contributed by atoms with Gasteiger partial charge in [0, 0.05) is 13.1 Å². The van der Waals surface area contributed by atoms with Gasteiger partial charge in [-0.15, -0.1) is 0 Å². The van der Waals surface area contributed by atoms with Crippen LogP contribution in [0.4, 0.5) is 11.6 Å². The molecule has 0 bridgehead atoms. The Hall–Kier alpha value is -1.30. The molecule has 5 nitrogen and oxygen atoms in total. The van der Waals surface area contributed by atoms with Crippen LogP contribution < -0.4 is 10.6 Å². The second-order valence-corrected chi connectivity index (χ2v) is 6.32. The first-order chi connectivity index (χ1) is 7.48. The van der Waals surface area contributed by atoms with E-state index in [2.05, 4.69) is 4.98 Å². The average molecular weight is 241 g/mol. The summed E-state index contributed by atoms with van der Waals surface area (Å²) in [6.07, 6.45) is 0.662. The van der Waals surface area contributed by atoms with Gasteiger partial charge >= 0.3 is 0 Å². The van der Waals surface area contributed by atoms with Crippen LogP contribution in [0.5, 0.6) is 0 Å². The number of pyridine rings is 1. The number of nitrogens with two attached hydrogens (primary N) is 1. The number of hydrogen-bond acceptors (Lipinski definition) is 5. The zero-order valence-electron chi connectivity index (χ0n) is 9.13. The van der Waals surface area contributed by atoms with Crippen molar-refractivity contribution in [3.8, 4) is 0 Å². The molecule has 2 rings (SSSR count). The molecule has 88 valence electrons. The summed E-state index contributed by atoms with van der Waals surface area (Å²) in [6, 6.07) is 5.38. The van der Waals surface area contributed by atoms with Crippen molar-refractivity contribution in [2.75, 3.05) is 29.2 Å². The molecule has 1 fully saturated rings. The maximum Gasteiger partial charge on any atom is 0.152 e. The summed E-state index contributed by atoms with van der Waals surface area (Å²) in [5.74, 6) is 1.65. The molecule has 1 aliphatic rings. The van der Waals surface area contributed by atoms with Crippen LogP contribution in [0.15, 0.2) is 18.2 Å². The van der Waals surface area contributed by atoms with Gasteiger partial charge in [0.15, 0.2) is 9.84 Å². The highest BCUT2D eigenvalue weighted by atomic mass is 32.2. The molecule has 1 aliphatic heterocycles. The van der Waals surface area contributed by atoms with E-state index in [1.807, 2.05) is 24.1 Å². The van der Waals surface area contributed by atoms with Crippen LogP contribution in [-0.2, 0) is 9.84 Å². The molecule has 6 heteroatoms. The lowest BCUT2D eigenvalue weighted by molar-refractivity contribution is 0.600. The largest absolute Gasteiger partial charge is 0.384 e. The molecule has 1 unspecified atom stereocenters. The first-order valence-corrected chi connectivity index (χ1v) is 6.96. The predicted molar refractivity (Wildman–Crippen MR) is 64.1 cm³/mol. The lowest BCUT2D eigenvalue weighted by Gasteiger charge is -2.24. The third kappa shape index (κ3) is 2.27. The minimum Gasteiger partial charge on any atom is -0.384 e. The Kier molecular flexibility index (Phi) is 2.75. The minimum atomic E-state index is -2.86. The second kappa shape index (κ2) is 3.93. The summed E-state index contributed by atoms with van der Waals surface area (Å²) in [6.45, 7) is 0. The van der Waals surface area contributed by atoms with Crippen LogP contribution in [-0.4, -0.2) is 38.0 Å². The Morgan fingerprint density at radius 2 is 2.25 bits per heavy atom. The van der Waals surface area contributed by atoms with Crippen LogP contribution in [0.2, 0.25) is 0 Å². The summed E-state index contributed by atoms with van der Waals surface area (Å²) in [4.78, 5) is 6.06. The zero-order valence-corrected chi connectivity index (χ0v) is 9.94. The first-order valence-electron chi connectivity index (χ1n) is 5.14. The number of hydrogen-bond donors (Lipinski definition) is 1. The quantitative estimate of drug-likeness (QED) is 0.805. The highest BCUT2D eigenvalue weighted by Crippen LogP contribution is 2.21. The summed E-state index contributed by atoms with van der Waals surface area (Å²) >= 11 is 0. The Morgan fingerprint density at radius 1 is 1.50 bits per heavy atom. The third-order valence-electron chi connectivity index (χ3n) is 2.87. The van der Waals surface area contributed by atoms with E-state index < -0.39 is 9.84 Å². The standard InChI is InChI=1S/C10H15N3O2S/c1-13(8-5-6-16(14,15)7-8)10-4-2-3-9(11)12-10/h2-4,8H,5-7H2,1H3,(H2,11,12). The molecule has 1 saturated heterocycles. The fourth-order valence-electron chi connectivity index (χ4n) is 1.90. The fraction of sp³-hybridized carbons (Fsp3) is 0.500. The number of nitrogens with zero attached hydrogens (tertiary/aromatic N) is 2. The summed E-state index contributed by atoms with van der Waals surface area (Å²) < 4.78 is 22.7. The van der Waals surface area contributed by atoms with Crippen LogP contribution in [0.25, 0.3) is 0 Å². The highest BCUT2D eigenvalue weighted by Gasteiger charge is 2.31. The Labute approximate surface area is 95.2 Å². The van der Waals surface area contributed by atoms with Gasteiger partial charge in [0.25, 0.3) is 0 Å². The van der Waals surface area contributed by atoms with Crippen molar-refractivity contribution >= 4 is 21.5 Å². The average Bonchev–Trinajstić information content (AvgIpc) is 2.58. The van der Waals surface area contributed by atoms with E-state index >= 15 is 0 Å². The van der Waals surface area contributed by atoms with Gasteiger partial charge < -0.3 is 10.6 Å². The van der Waals surface area contributed by atoms with E-state index in [4.69, 9.17) is 5.73 Å². The maximum atomic E-state index is 11.4. The molecule has 0 saturated carbocycles. The summed E-state index contributed by atoms with van der Waals surface area (Å²) in [5, 5.41) is 0. The summed E-state index contributed by atoms with van der Waals surface area (Å²) in [7, 11) is -1.00. The van der Waals surface area contributed by atoms with E-state index in [1.54, 1.807) is 6.07 Å². The SMILES string of the molecule is CN(c1cccc(N)n1)C1CCS(=O)(=O)C1. The predicted octanol–water partition coefficient (Wildman–Crippen LogP) is 0.287. The van der Waals surface area contributed by atoms with Gasteiger partial charge in [0.05, 0.1) is 11.5 Å². The van der Waals surface area contributed by atoms with Crippen molar-refractivity contribution < 1.29 is 8.42 Å². The minimum absolute atomic E-state index is 0.0132. The molecule has 2 N–H and O–H groups in total. The molecule has 2 heterocycles. The molecule has 0 radical (unpaired) electrons. The Bertz CT molecular complexity index is 487. The number of aromatic nitrogens is 1. The number of sulfone groups is 1. The molecular weight excluding hydrogens is 226 g/mol. The Balaban J connectivity index is 2.17. The van der Waals surface area contributed by atoms with Gasteiger partial charge in [0.2, 0.25) is 0 Å². The first kappa shape index (κ1) is 11.2. The van der Waals surface area contributed by atoms with Crippen molar-refractivity contribution in [3.05, 3.63) is 18.2 Å². The molecule has 1 aromatic rings. The normalized spacial score (nSPS) is 23.2. The maximum absolute atomic E-state index is 11.4. The summed E-state index contributed by atoms with van der Waals surface area (Å²) in [5.41, 5.74) is 5.59. The number of nitrogen functional groups attached to an aromatic ring is 1. The molecule has 1 atom stereocenters. The molecule has 0 spiro atoms. The smallest absolute Gasteiger partial charge is 0.152 e. The van der Waals surface area contributed by atoms with Gasteiger partial charge in [0.1, 0.15) is 11.6 Å². The molecular formula is C10H15N3O2S. The lowest BCUT2D eigenvalue weighted by atomic mass is 10.2. The monoisotopic (exact) mass is 241 g/mol. The van der Waals surface area contributed by atoms with Crippen molar-refractivity contribution in [1.29, 1.82) is 0 Å². The van der Waals surface area contributed by atoms with Crippen molar-refractivity contribution in [2.45, 2.75) is 12.5 Å². The van der Waals surface area contributed by atoms with Crippen molar-refractivity contribution in [1.82, 2.24) is 4.98 Å². The molecule has 0 aliphatic carbocycles. The van der Waals surface area contributed by atoms with Gasteiger partial charge in [-0.05, 0) is 18.6 Å². The van der Waals surface area contributed by atoms with Crippen LogP contribution in [0.1, 0.15) is 6.42 Å². The van der Waals surface area contributed by atoms with E-state index in [0.717, 1.165) is 5.82 Å². The van der Waals surface area contributed by atoms with Crippen LogP contribution in [0, 0.1) is 0 Å². The number of rotatable bonds is 2. The van der Waals surface area contributed by atoms with Crippen LogP contribution >= 0.6 is 0 Å². The molecule has 0 aromatic carbocycles. The highest BCUT2D eigenvalue weighted by molar-refractivity contribution is 7.91. The van der Waals surface area contributed by atoms with E-state index in [9.17, 15) is 8.42 Å². The van der Waals surface area contributed by atoms with E-state index in [-0.39, 0.29) is 17.5 Å². The van der Waals surface area contributed by atoms with Gasteiger partial charge in [-0.2, -0.15) is 0 Å². The van der Waals surface area contributed by atoms with E-state index in [0.29, 0.717) is 12.2 Å². The van der Waals surface area contributed by atoms with Gasteiger partial charge in [-0.1, -0.05) is 6.07 Å². The van der Waals surface area contributed by atoms with Crippen molar-refractivity contribution in [2.24, 2.45) is 0 Å². The fourth-order valence-corrected chi connectivity index (χ4v) is 3.68. The topological polar surface area (TPSA) is 76.3 Å². The van der Waals surface area contributed by atoms with Gasteiger partial charge in [-0.25, -0.2) is 13.4 Å². The second-order valence-electron chi connectivity index (χ2n) is 4.09. The zero-order chi connectivity index (χ0) is 11.8. The van der Waals surface area contributed by atoms with E-state index in [1.165, 1.54) is 0 Å².